The summed E-state index contributed by atoms with van der Waals surface area (Å²) in [6.45, 7) is 0. The van der Waals surface area contributed by atoms with Gasteiger partial charge >= 0.3 is 12.1 Å². The molecule has 0 aliphatic carbocycles. The smallest absolute Gasteiger partial charge is 0.454 e. The fraction of sp³-hybridized carbons (Fsp3) is 0.200. The number of fused-ring (bicyclic) bond motifs is 4. The number of halogens is 3. The Morgan fingerprint density at radius 1 is 0.738 bits per heavy atom. The highest BCUT2D eigenvalue weighted by molar-refractivity contribution is 6.14. The summed E-state index contributed by atoms with van der Waals surface area (Å²) >= 11 is 0. The van der Waals surface area contributed by atoms with Crippen LogP contribution in [0.1, 0.15) is 47.9 Å². The fourth-order valence-electron chi connectivity index (χ4n) is 6.62. The highest BCUT2D eigenvalue weighted by atomic mass is 19.4. The Labute approximate surface area is 241 Å². The van der Waals surface area contributed by atoms with Crippen LogP contribution in [0.25, 0.3) is 5.57 Å². The molecule has 3 heterocycles. The largest absolute Gasteiger partial charge is 0.471 e. The maximum absolute atomic E-state index is 13.4. The molecule has 0 aromatic heterocycles. The molecule has 4 aromatic carbocycles. The molecule has 42 heavy (non-hydrogen) atoms. The van der Waals surface area contributed by atoms with Crippen molar-refractivity contribution >= 4 is 22.9 Å². The first-order chi connectivity index (χ1) is 20.4. The molecule has 3 aliphatic rings. The molecular formula is C35H27F3N2O2. The van der Waals surface area contributed by atoms with Crippen LogP contribution in [-0.2, 0) is 4.79 Å². The minimum absolute atomic E-state index is 0.397. The van der Waals surface area contributed by atoms with E-state index in [1.54, 1.807) is 0 Å². The van der Waals surface area contributed by atoms with Crippen LogP contribution in [0.5, 0.6) is 11.5 Å². The maximum Gasteiger partial charge on any atom is 0.471 e. The average Bonchev–Trinajstić information content (AvgIpc) is 3.27. The van der Waals surface area contributed by atoms with Gasteiger partial charge < -0.3 is 9.64 Å². The van der Waals surface area contributed by atoms with Crippen molar-refractivity contribution < 1.29 is 22.7 Å². The van der Waals surface area contributed by atoms with Gasteiger partial charge in [-0.1, -0.05) is 96.6 Å². The molecule has 1 amide bonds. The van der Waals surface area contributed by atoms with Gasteiger partial charge in [-0.2, -0.15) is 13.2 Å². The van der Waals surface area contributed by atoms with Crippen LogP contribution in [0.4, 0.5) is 18.9 Å². The highest BCUT2D eigenvalue weighted by Crippen LogP contribution is 2.52. The van der Waals surface area contributed by atoms with Gasteiger partial charge in [-0.3, -0.25) is 4.79 Å². The van der Waals surface area contributed by atoms with Gasteiger partial charge in [0.1, 0.15) is 11.4 Å². The van der Waals surface area contributed by atoms with Crippen LogP contribution in [0.15, 0.2) is 114 Å². The van der Waals surface area contributed by atoms with Gasteiger partial charge in [-0.05, 0) is 43.4 Å². The van der Waals surface area contributed by atoms with E-state index in [1.807, 2.05) is 103 Å². The summed E-state index contributed by atoms with van der Waals surface area (Å²) in [5, 5.41) is 0. The van der Waals surface area contributed by atoms with Crippen LogP contribution >= 0.6 is 0 Å². The summed E-state index contributed by atoms with van der Waals surface area (Å²) in [5.74, 6) is -0.431. The number of carbonyl (C=O) groups is 1. The number of piperidine rings is 1. The number of carbonyl (C=O) groups excluding carboxylic acids is 1. The lowest BCUT2D eigenvalue weighted by Crippen LogP contribution is -2.50. The molecule has 2 bridgehead atoms. The Bertz CT molecular complexity index is 1670. The number of nitrogens with zero attached hydrogens (tertiary/aromatic N) is 2. The number of hydrogen-bond acceptors (Lipinski definition) is 3. The number of benzene rings is 4. The van der Waals surface area contributed by atoms with E-state index in [0.29, 0.717) is 42.9 Å². The number of aliphatic imine (C=N–C) groups is 1. The van der Waals surface area contributed by atoms with Gasteiger partial charge in [0.15, 0.2) is 5.75 Å². The lowest BCUT2D eigenvalue weighted by atomic mass is 9.83. The number of para-hydroxylation sites is 2. The first-order valence-electron chi connectivity index (χ1n) is 14.1. The molecule has 2 atom stereocenters. The molecular weight excluding hydrogens is 537 g/mol. The lowest BCUT2D eigenvalue weighted by molar-refractivity contribution is -0.189. The molecule has 7 heteroatoms. The highest BCUT2D eigenvalue weighted by Gasteiger charge is 2.51. The SMILES string of the molecule is O=C(N1C2CCC1CC(=C1c3ccccc3Oc3c(N=C(c4ccccc4)c4ccccc4)cccc31)C2)C(F)(F)F. The standard InChI is InChI=1S/C35H27F3N2O2/c36-35(37,38)34(41)40-25-18-19-26(40)21-24(20-25)31-27-14-7-8-17-30(27)42-33-28(31)15-9-16-29(33)39-32(22-10-3-1-4-11-22)23-12-5-2-6-13-23/h1-17,25-26H,18-21H2. The molecule has 4 nitrogen and oxygen atoms in total. The topological polar surface area (TPSA) is 41.9 Å². The van der Waals surface area contributed by atoms with Crippen molar-refractivity contribution in [2.24, 2.45) is 4.99 Å². The van der Waals surface area contributed by atoms with Gasteiger partial charge in [-0.15, -0.1) is 0 Å². The quantitative estimate of drug-likeness (QED) is 0.206. The Kier molecular flexibility index (Phi) is 6.45. The minimum Gasteiger partial charge on any atom is -0.454 e. The molecule has 4 aromatic rings. The number of hydrogen-bond donors (Lipinski definition) is 0. The zero-order valence-corrected chi connectivity index (χ0v) is 22.6. The Balaban J connectivity index is 1.37. The monoisotopic (exact) mass is 564 g/mol. The van der Waals surface area contributed by atoms with Crippen molar-refractivity contribution in [2.45, 2.75) is 43.9 Å². The summed E-state index contributed by atoms with van der Waals surface area (Å²) < 4.78 is 46.8. The van der Waals surface area contributed by atoms with E-state index < -0.39 is 24.2 Å². The molecule has 0 saturated carbocycles. The number of alkyl halides is 3. The van der Waals surface area contributed by atoms with E-state index in [-0.39, 0.29) is 0 Å². The lowest BCUT2D eigenvalue weighted by Gasteiger charge is -2.38. The van der Waals surface area contributed by atoms with Crippen molar-refractivity contribution in [1.29, 1.82) is 0 Å². The summed E-state index contributed by atoms with van der Waals surface area (Å²) in [6.07, 6.45) is -2.94. The van der Waals surface area contributed by atoms with Crippen LogP contribution < -0.4 is 4.74 Å². The van der Waals surface area contributed by atoms with E-state index >= 15 is 0 Å². The van der Waals surface area contributed by atoms with Crippen molar-refractivity contribution in [3.63, 3.8) is 0 Å². The van der Waals surface area contributed by atoms with Crippen LogP contribution in [0.2, 0.25) is 0 Å². The van der Waals surface area contributed by atoms with E-state index in [4.69, 9.17) is 9.73 Å². The average molecular weight is 565 g/mol. The van der Waals surface area contributed by atoms with E-state index in [0.717, 1.165) is 44.0 Å². The second-order valence-corrected chi connectivity index (χ2v) is 10.9. The van der Waals surface area contributed by atoms with Crippen LogP contribution in [0.3, 0.4) is 0 Å². The molecule has 0 radical (unpaired) electrons. The zero-order chi connectivity index (χ0) is 28.8. The summed E-state index contributed by atoms with van der Waals surface area (Å²) in [6, 6.07) is 32.6. The first kappa shape index (κ1) is 26.3. The second-order valence-electron chi connectivity index (χ2n) is 10.9. The van der Waals surface area contributed by atoms with Crippen LogP contribution in [-0.4, -0.2) is 34.8 Å². The Morgan fingerprint density at radius 2 is 1.31 bits per heavy atom. The van der Waals surface area contributed by atoms with Crippen molar-refractivity contribution in [1.82, 2.24) is 4.90 Å². The number of ether oxygens (including phenoxy) is 1. The van der Waals surface area contributed by atoms with Gasteiger partial charge in [0.2, 0.25) is 0 Å². The molecule has 2 saturated heterocycles. The fourth-order valence-corrected chi connectivity index (χ4v) is 6.62. The minimum atomic E-state index is -4.87. The van der Waals surface area contributed by atoms with Crippen molar-refractivity contribution in [2.75, 3.05) is 0 Å². The molecule has 0 N–H and O–H groups in total. The number of rotatable bonds is 3. The molecule has 2 fully saturated rings. The van der Waals surface area contributed by atoms with Gasteiger partial charge in [0, 0.05) is 34.3 Å². The summed E-state index contributed by atoms with van der Waals surface area (Å²) in [5.41, 5.74) is 7.19. The second kappa shape index (κ2) is 10.3. The summed E-state index contributed by atoms with van der Waals surface area (Å²) in [4.78, 5) is 18.5. The number of amides is 1. The maximum atomic E-state index is 13.4. The molecule has 2 unspecified atom stereocenters. The van der Waals surface area contributed by atoms with E-state index in [1.165, 1.54) is 0 Å². The van der Waals surface area contributed by atoms with Gasteiger partial charge in [0.25, 0.3) is 0 Å². The predicted molar refractivity (Wildman–Crippen MR) is 156 cm³/mol. The molecule has 7 rings (SSSR count). The third-order valence-electron chi connectivity index (χ3n) is 8.37. The molecule has 3 aliphatic heterocycles. The van der Waals surface area contributed by atoms with E-state index in [2.05, 4.69) is 0 Å². The molecule has 210 valence electrons. The summed E-state index contributed by atoms with van der Waals surface area (Å²) in [7, 11) is 0. The third-order valence-corrected chi connectivity index (χ3v) is 8.37. The zero-order valence-electron chi connectivity index (χ0n) is 22.6. The third kappa shape index (κ3) is 4.59. The van der Waals surface area contributed by atoms with Crippen molar-refractivity contribution in [3.05, 3.63) is 131 Å². The Morgan fingerprint density at radius 3 is 1.93 bits per heavy atom. The van der Waals surface area contributed by atoms with Gasteiger partial charge in [0.05, 0.1) is 5.71 Å². The van der Waals surface area contributed by atoms with E-state index in [9.17, 15) is 18.0 Å². The van der Waals surface area contributed by atoms with Crippen molar-refractivity contribution in [3.8, 4) is 11.5 Å². The Hall–Kier alpha value is -4.65. The predicted octanol–water partition coefficient (Wildman–Crippen LogP) is 8.48. The normalized spacial score (nSPS) is 19.1. The first-order valence-corrected chi connectivity index (χ1v) is 14.1. The van der Waals surface area contributed by atoms with Crippen LogP contribution in [0, 0.1) is 0 Å². The molecule has 0 spiro atoms. The van der Waals surface area contributed by atoms with Gasteiger partial charge in [-0.25, -0.2) is 4.99 Å².